The molecule has 4 rings (SSSR count). The molecule has 10 heteroatoms. The van der Waals surface area contributed by atoms with E-state index in [2.05, 4.69) is 32.6 Å². The number of rotatable bonds is 9. The Labute approximate surface area is 172 Å². The molecule has 0 saturated carbocycles. The molecule has 0 N–H and O–H groups in total. The number of aryl methyl sites for hydroxylation is 1. The average molecular weight is 411 g/mol. The molecular weight excluding hydrogens is 390 g/mol. The largest absolute Gasteiger partial charge is 0.497 e. The Morgan fingerprint density at radius 2 is 1.97 bits per heavy atom. The van der Waals surface area contributed by atoms with Crippen molar-refractivity contribution in [3.8, 4) is 17.1 Å². The smallest absolute Gasteiger partial charge is 0.192 e. The van der Waals surface area contributed by atoms with Crippen molar-refractivity contribution in [3.63, 3.8) is 0 Å². The molecule has 3 aromatic heterocycles. The third kappa shape index (κ3) is 4.32. The van der Waals surface area contributed by atoms with E-state index in [1.807, 2.05) is 45.6 Å². The van der Waals surface area contributed by atoms with Crippen molar-refractivity contribution >= 4 is 11.8 Å². The summed E-state index contributed by atoms with van der Waals surface area (Å²) in [6, 6.07) is 11.6. The van der Waals surface area contributed by atoms with Gasteiger partial charge in [-0.3, -0.25) is 4.57 Å². The minimum absolute atomic E-state index is 0.531. The maximum Gasteiger partial charge on any atom is 0.192 e. The monoisotopic (exact) mass is 411 g/mol. The molecule has 1 aromatic carbocycles. The predicted octanol–water partition coefficient (Wildman–Crippen LogP) is 3.28. The van der Waals surface area contributed by atoms with Crippen molar-refractivity contribution in [1.82, 2.24) is 35.0 Å². The van der Waals surface area contributed by atoms with Crippen LogP contribution in [0.15, 0.2) is 52.2 Å². The molecule has 9 nitrogen and oxygen atoms in total. The first-order chi connectivity index (χ1) is 14.3. The van der Waals surface area contributed by atoms with Gasteiger partial charge in [-0.25, -0.2) is 4.68 Å². The molecule has 29 heavy (non-hydrogen) atoms. The standard InChI is InChI=1S/C19H21N7O2S/c1-3-10-26-17(20-23-24-26)13-29-19-22-21-18(14-6-8-15(27-2)9-7-14)25(19)12-16-5-4-11-28-16/h4-9,11H,3,10,12-13H2,1-2H3. The zero-order chi connectivity index (χ0) is 20.1. The maximum absolute atomic E-state index is 5.55. The number of methoxy groups -OCH3 is 1. The Balaban J connectivity index is 1.62. The lowest BCUT2D eigenvalue weighted by atomic mass is 10.2. The first-order valence-corrected chi connectivity index (χ1v) is 10.2. The molecule has 150 valence electrons. The molecule has 0 amide bonds. The van der Waals surface area contributed by atoms with E-state index >= 15 is 0 Å². The number of furan rings is 1. The second-order valence-electron chi connectivity index (χ2n) is 6.31. The van der Waals surface area contributed by atoms with E-state index in [9.17, 15) is 0 Å². The molecule has 4 aromatic rings. The van der Waals surface area contributed by atoms with Crippen LogP contribution in [0.1, 0.15) is 24.9 Å². The lowest BCUT2D eigenvalue weighted by Crippen LogP contribution is -2.06. The number of hydrogen-bond donors (Lipinski definition) is 0. The summed E-state index contributed by atoms with van der Waals surface area (Å²) < 4.78 is 14.7. The van der Waals surface area contributed by atoms with Gasteiger partial charge in [0.2, 0.25) is 0 Å². The van der Waals surface area contributed by atoms with Crippen molar-refractivity contribution in [2.75, 3.05) is 7.11 Å². The highest BCUT2D eigenvalue weighted by Crippen LogP contribution is 2.28. The summed E-state index contributed by atoms with van der Waals surface area (Å²) >= 11 is 1.55. The van der Waals surface area contributed by atoms with Gasteiger partial charge in [0.05, 0.1) is 25.7 Å². The Morgan fingerprint density at radius 3 is 2.69 bits per heavy atom. The van der Waals surface area contributed by atoms with Crippen LogP contribution in [-0.4, -0.2) is 42.1 Å². The van der Waals surface area contributed by atoms with E-state index in [1.54, 1.807) is 25.1 Å². The summed E-state index contributed by atoms with van der Waals surface area (Å²) in [6.45, 7) is 3.42. The van der Waals surface area contributed by atoms with Crippen molar-refractivity contribution in [2.45, 2.75) is 37.3 Å². The van der Waals surface area contributed by atoms with Gasteiger partial charge < -0.3 is 9.15 Å². The molecule has 3 heterocycles. The van der Waals surface area contributed by atoms with Crippen LogP contribution in [0.3, 0.4) is 0 Å². The first-order valence-electron chi connectivity index (χ1n) is 9.26. The van der Waals surface area contributed by atoms with Crippen LogP contribution in [0.2, 0.25) is 0 Å². The second kappa shape index (κ2) is 8.91. The first kappa shape index (κ1) is 19.2. The maximum atomic E-state index is 5.55. The van der Waals surface area contributed by atoms with E-state index in [0.29, 0.717) is 12.3 Å². The third-order valence-corrected chi connectivity index (χ3v) is 5.29. The summed E-state index contributed by atoms with van der Waals surface area (Å²) in [5.41, 5.74) is 0.951. The van der Waals surface area contributed by atoms with E-state index in [1.165, 1.54) is 0 Å². The molecule has 0 unspecified atom stereocenters. The number of nitrogens with zero attached hydrogens (tertiary/aromatic N) is 7. The molecular formula is C19H21N7O2S. The van der Waals surface area contributed by atoms with Gasteiger partial charge in [-0.05, 0) is 53.2 Å². The SMILES string of the molecule is CCCn1nnnc1CSc1nnc(-c2ccc(OC)cc2)n1Cc1ccco1. The highest BCUT2D eigenvalue weighted by atomic mass is 32.2. The van der Waals surface area contributed by atoms with Crippen LogP contribution in [0.5, 0.6) is 5.75 Å². The highest BCUT2D eigenvalue weighted by Gasteiger charge is 2.17. The fraction of sp³-hybridized carbons (Fsp3) is 0.316. The van der Waals surface area contributed by atoms with Gasteiger partial charge in [-0.2, -0.15) is 0 Å². The van der Waals surface area contributed by atoms with E-state index < -0.39 is 0 Å². The summed E-state index contributed by atoms with van der Waals surface area (Å²) in [6.07, 6.45) is 2.64. The van der Waals surface area contributed by atoms with Crippen LogP contribution in [-0.2, 0) is 18.8 Å². The quantitative estimate of drug-likeness (QED) is 0.387. The number of thioether (sulfide) groups is 1. The normalized spacial score (nSPS) is 11.1. The molecule has 0 saturated heterocycles. The minimum atomic E-state index is 0.531. The summed E-state index contributed by atoms with van der Waals surface area (Å²) in [5, 5.41) is 21.6. The van der Waals surface area contributed by atoms with Crippen LogP contribution in [0.25, 0.3) is 11.4 Å². The lowest BCUT2D eigenvalue weighted by Gasteiger charge is -2.09. The zero-order valence-corrected chi connectivity index (χ0v) is 17.0. The molecule has 0 radical (unpaired) electrons. The summed E-state index contributed by atoms with van der Waals surface area (Å²) in [7, 11) is 1.65. The van der Waals surface area contributed by atoms with Gasteiger partial charge in [0, 0.05) is 12.1 Å². The topological polar surface area (TPSA) is 96.7 Å². The number of ether oxygens (including phenoxy) is 1. The number of benzene rings is 1. The van der Waals surface area contributed by atoms with Gasteiger partial charge >= 0.3 is 0 Å². The van der Waals surface area contributed by atoms with E-state index in [4.69, 9.17) is 9.15 Å². The van der Waals surface area contributed by atoms with Gasteiger partial charge in [-0.15, -0.1) is 15.3 Å². The van der Waals surface area contributed by atoms with E-state index in [0.717, 1.165) is 46.8 Å². The van der Waals surface area contributed by atoms with Crippen molar-refractivity contribution in [3.05, 3.63) is 54.2 Å². The third-order valence-electron chi connectivity index (χ3n) is 4.33. The molecule has 0 aliphatic carbocycles. The minimum Gasteiger partial charge on any atom is -0.497 e. The summed E-state index contributed by atoms with van der Waals surface area (Å²) in [4.78, 5) is 0. The number of aromatic nitrogens is 7. The van der Waals surface area contributed by atoms with Crippen LogP contribution in [0, 0.1) is 0 Å². The number of tetrazole rings is 1. The molecule has 0 fully saturated rings. The van der Waals surface area contributed by atoms with Gasteiger partial charge in [0.25, 0.3) is 0 Å². The molecule has 0 atom stereocenters. The Hall–Kier alpha value is -3.14. The van der Waals surface area contributed by atoms with E-state index in [-0.39, 0.29) is 0 Å². The van der Waals surface area contributed by atoms with Crippen LogP contribution in [0.4, 0.5) is 0 Å². The van der Waals surface area contributed by atoms with Gasteiger partial charge in [0.15, 0.2) is 16.8 Å². The molecule has 0 aliphatic heterocycles. The van der Waals surface area contributed by atoms with Crippen LogP contribution < -0.4 is 4.74 Å². The van der Waals surface area contributed by atoms with Crippen molar-refractivity contribution in [1.29, 1.82) is 0 Å². The Bertz CT molecular complexity index is 1040. The van der Waals surface area contributed by atoms with Crippen molar-refractivity contribution < 1.29 is 9.15 Å². The zero-order valence-electron chi connectivity index (χ0n) is 16.2. The highest BCUT2D eigenvalue weighted by molar-refractivity contribution is 7.98. The Kier molecular flexibility index (Phi) is 5.89. The van der Waals surface area contributed by atoms with Gasteiger partial charge in [0.1, 0.15) is 11.5 Å². The molecule has 0 bridgehead atoms. The lowest BCUT2D eigenvalue weighted by molar-refractivity contribution is 0.415. The molecule has 0 spiro atoms. The number of hydrogen-bond acceptors (Lipinski definition) is 8. The van der Waals surface area contributed by atoms with Crippen molar-refractivity contribution in [2.24, 2.45) is 0 Å². The fourth-order valence-electron chi connectivity index (χ4n) is 2.89. The fourth-order valence-corrected chi connectivity index (χ4v) is 3.76. The average Bonchev–Trinajstić information content (AvgIpc) is 3.49. The van der Waals surface area contributed by atoms with Crippen LogP contribution >= 0.6 is 11.8 Å². The summed E-state index contributed by atoms with van der Waals surface area (Å²) in [5.74, 6) is 3.81. The predicted molar refractivity (Wildman–Crippen MR) is 107 cm³/mol. The molecule has 0 aliphatic rings. The van der Waals surface area contributed by atoms with Gasteiger partial charge in [-0.1, -0.05) is 18.7 Å². The Morgan fingerprint density at radius 1 is 1.10 bits per heavy atom. The second-order valence-corrected chi connectivity index (χ2v) is 7.25.